The van der Waals surface area contributed by atoms with E-state index in [2.05, 4.69) is 0 Å². The Hall–Kier alpha value is -2.06. The van der Waals surface area contributed by atoms with Gasteiger partial charge in [-0.15, -0.1) is 0 Å². The average Bonchev–Trinajstić information content (AvgIpc) is 2.48. The third kappa shape index (κ3) is 4.46. The molecule has 1 heterocycles. The highest BCUT2D eigenvalue weighted by atomic mass is 19.4. The predicted octanol–water partition coefficient (Wildman–Crippen LogP) is 2.59. The lowest BCUT2D eigenvalue weighted by molar-refractivity contribution is -0.136. The molecule has 0 amide bonds. The van der Waals surface area contributed by atoms with Gasteiger partial charge < -0.3 is 19.0 Å². The Bertz CT molecular complexity index is 723. The summed E-state index contributed by atoms with van der Waals surface area (Å²) in [6.07, 6.45) is -5.54. The van der Waals surface area contributed by atoms with Crippen LogP contribution in [0.25, 0.3) is 11.0 Å². The van der Waals surface area contributed by atoms with Gasteiger partial charge in [-0.1, -0.05) is 0 Å². The van der Waals surface area contributed by atoms with Crippen molar-refractivity contribution in [1.29, 1.82) is 0 Å². The van der Waals surface area contributed by atoms with E-state index in [1.165, 1.54) is 12.1 Å². The summed E-state index contributed by atoms with van der Waals surface area (Å²) in [6, 6.07) is 4.06. The molecule has 0 saturated heterocycles. The molecule has 23 heavy (non-hydrogen) atoms. The van der Waals surface area contributed by atoms with Crippen LogP contribution in [0.4, 0.5) is 13.2 Å². The van der Waals surface area contributed by atoms with Crippen LogP contribution >= 0.6 is 0 Å². The predicted molar refractivity (Wildman–Crippen MR) is 75.5 cm³/mol. The maximum atomic E-state index is 12.9. The van der Waals surface area contributed by atoms with E-state index in [-0.39, 0.29) is 29.9 Å². The van der Waals surface area contributed by atoms with Crippen LogP contribution < -0.4 is 10.4 Å². The van der Waals surface area contributed by atoms with E-state index in [1.54, 1.807) is 6.92 Å². The highest BCUT2D eigenvalue weighted by Crippen LogP contribution is 2.34. The van der Waals surface area contributed by atoms with Gasteiger partial charge in [0.25, 0.3) is 0 Å². The van der Waals surface area contributed by atoms with Crippen LogP contribution in [0.5, 0.6) is 5.75 Å². The number of hydrogen-bond acceptors (Lipinski definition) is 5. The largest absolute Gasteiger partial charge is 0.491 e. The summed E-state index contributed by atoms with van der Waals surface area (Å²) in [5.41, 5.74) is -2.40. The Kier molecular flexibility index (Phi) is 5.27. The number of aliphatic hydroxyl groups is 1. The summed E-state index contributed by atoms with van der Waals surface area (Å²) >= 11 is 0. The van der Waals surface area contributed by atoms with Crippen molar-refractivity contribution in [2.24, 2.45) is 0 Å². The number of halogens is 3. The Morgan fingerprint density at radius 1 is 1.26 bits per heavy atom. The minimum atomic E-state index is -4.66. The smallest absolute Gasteiger partial charge is 0.417 e. The lowest BCUT2D eigenvalue weighted by atomic mass is 10.1. The van der Waals surface area contributed by atoms with Gasteiger partial charge in [0.2, 0.25) is 0 Å². The van der Waals surface area contributed by atoms with E-state index in [1.807, 2.05) is 0 Å². The Balaban J connectivity index is 2.24. The van der Waals surface area contributed by atoms with Gasteiger partial charge in [-0.3, -0.25) is 0 Å². The van der Waals surface area contributed by atoms with Crippen LogP contribution in [0.15, 0.2) is 33.5 Å². The monoisotopic (exact) mass is 332 g/mol. The zero-order chi connectivity index (χ0) is 17.0. The first-order valence-electron chi connectivity index (χ1n) is 6.85. The van der Waals surface area contributed by atoms with Gasteiger partial charge in [0, 0.05) is 24.1 Å². The molecule has 2 aromatic rings. The summed E-state index contributed by atoms with van der Waals surface area (Å²) in [7, 11) is 0. The Morgan fingerprint density at radius 3 is 2.65 bits per heavy atom. The van der Waals surface area contributed by atoms with Crippen molar-refractivity contribution in [1.82, 2.24) is 0 Å². The molecular weight excluding hydrogens is 317 g/mol. The van der Waals surface area contributed by atoms with Crippen molar-refractivity contribution in [3.8, 4) is 5.75 Å². The zero-order valence-electron chi connectivity index (χ0n) is 12.2. The lowest BCUT2D eigenvalue weighted by Gasteiger charge is -2.13. The van der Waals surface area contributed by atoms with Crippen LogP contribution in [0.3, 0.4) is 0 Å². The molecule has 0 aliphatic carbocycles. The molecular formula is C15H15F3O5. The number of alkyl halides is 3. The van der Waals surface area contributed by atoms with Gasteiger partial charge in [0.1, 0.15) is 24.0 Å². The maximum absolute atomic E-state index is 12.9. The van der Waals surface area contributed by atoms with Gasteiger partial charge in [0.05, 0.1) is 12.2 Å². The molecule has 0 aliphatic heterocycles. The number of aliphatic hydroxyl groups excluding tert-OH is 1. The molecule has 0 bridgehead atoms. The fraction of sp³-hybridized carbons (Fsp3) is 0.400. The van der Waals surface area contributed by atoms with E-state index in [9.17, 15) is 23.1 Å². The number of ether oxygens (including phenoxy) is 2. The second-order valence-corrected chi connectivity index (χ2v) is 4.76. The fourth-order valence-electron chi connectivity index (χ4n) is 1.96. The summed E-state index contributed by atoms with van der Waals surface area (Å²) in [4.78, 5) is 11.3. The second-order valence-electron chi connectivity index (χ2n) is 4.76. The van der Waals surface area contributed by atoms with E-state index < -0.39 is 23.5 Å². The summed E-state index contributed by atoms with van der Waals surface area (Å²) in [5.74, 6) is 0.176. The Morgan fingerprint density at radius 2 is 2.00 bits per heavy atom. The van der Waals surface area contributed by atoms with E-state index in [0.29, 0.717) is 12.7 Å². The van der Waals surface area contributed by atoms with Crippen molar-refractivity contribution < 1.29 is 32.2 Å². The minimum absolute atomic E-state index is 0.0807. The first-order valence-corrected chi connectivity index (χ1v) is 6.85. The van der Waals surface area contributed by atoms with E-state index in [0.717, 1.165) is 6.07 Å². The summed E-state index contributed by atoms with van der Waals surface area (Å²) < 4.78 is 53.8. The van der Waals surface area contributed by atoms with Gasteiger partial charge >= 0.3 is 11.8 Å². The molecule has 1 aromatic heterocycles. The molecule has 0 saturated carbocycles. The van der Waals surface area contributed by atoms with Gasteiger partial charge in [-0.25, -0.2) is 4.79 Å². The Labute approximate surface area is 129 Å². The number of hydrogen-bond donors (Lipinski definition) is 1. The standard InChI is InChI=1S/C15H15F3O5/c1-2-21-7-9(19)8-22-10-3-4-11-12(15(16,17)18)6-14(20)23-13(11)5-10/h3-6,9,19H,2,7-8H2,1H3. The van der Waals surface area contributed by atoms with Crippen LogP contribution in [0, 0.1) is 0 Å². The quantitative estimate of drug-likeness (QED) is 0.824. The van der Waals surface area contributed by atoms with Crippen LogP contribution in [-0.2, 0) is 10.9 Å². The molecule has 0 spiro atoms. The highest BCUT2D eigenvalue weighted by molar-refractivity contribution is 5.82. The van der Waals surface area contributed by atoms with E-state index in [4.69, 9.17) is 13.9 Å². The number of fused-ring (bicyclic) bond motifs is 1. The van der Waals surface area contributed by atoms with Crippen LogP contribution in [-0.4, -0.2) is 31.0 Å². The lowest BCUT2D eigenvalue weighted by Crippen LogP contribution is -2.23. The third-order valence-electron chi connectivity index (χ3n) is 2.98. The normalized spacial score (nSPS) is 13.3. The summed E-state index contributed by atoms with van der Waals surface area (Å²) in [6.45, 7) is 2.20. The molecule has 2 rings (SSSR count). The summed E-state index contributed by atoms with van der Waals surface area (Å²) in [5, 5.41) is 9.34. The molecule has 5 nitrogen and oxygen atoms in total. The molecule has 126 valence electrons. The maximum Gasteiger partial charge on any atom is 0.417 e. The number of benzene rings is 1. The molecule has 1 unspecified atom stereocenters. The molecule has 0 fully saturated rings. The molecule has 1 atom stereocenters. The fourth-order valence-corrected chi connectivity index (χ4v) is 1.96. The second kappa shape index (κ2) is 7.01. The highest BCUT2D eigenvalue weighted by Gasteiger charge is 2.33. The van der Waals surface area contributed by atoms with Crippen LogP contribution in [0.1, 0.15) is 12.5 Å². The van der Waals surface area contributed by atoms with Gasteiger partial charge in [0.15, 0.2) is 0 Å². The first kappa shape index (κ1) is 17.3. The van der Waals surface area contributed by atoms with Crippen molar-refractivity contribution >= 4 is 11.0 Å². The van der Waals surface area contributed by atoms with Crippen molar-refractivity contribution in [2.75, 3.05) is 19.8 Å². The topological polar surface area (TPSA) is 68.9 Å². The molecule has 1 aromatic carbocycles. The zero-order valence-corrected chi connectivity index (χ0v) is 12.2. The number of rotatable bonds is 6. The van der Waals surface area contributed by atoms with E-state index >= 15 is 0 Å². The molecule has 1 N–H and O–H groups in total. The van der Waals surface area contributed by atoms with Crippen molar-refractivity contribution in [3.63, 3.8) is 0 Å². The van der Waals surface area contributed by atoms with Crippen LogP contribution in [0.2, 0.25) is 0 Å². The van der Waals surface area contributed by atoms with Crippen molar-refractivity contribution in [2.45, 2.75) is 19.2 Å². The minimum Gasteiger partial charge on any atom is -0.491 e. The average molecular weight is 332 g/mol. The molecule has 8 heteroatoms. The molecule has 0 aliphatic rings. The first-order chi connectivity index (χ1) is 10.8. The molecule has 0 radical (unpaired) electrons. The van der Waals surface area contributed by atoms with Crippen molar-refractivity contribution in [3.05, 3.63) is 40.2 Å². The van der Waals surface area contributed by atoms with Gasteiger partial charge in [-0.05, 0) is 19.1 Å². The third-order valence-corrected chi connectivity index (χ3v) is 2.98. The van der Waals surface area contributed by atoms with Gasteiger partial charge in [-0.2, -0.15) is 13.2 Å². The SMILES string of the molecule is CCOCC(O)COc1ccc2c(C(F)(F)F)cc(=O)oc2c1.